The Bertz CT molecular complexity index is 1390. The van der Waals surface area contributed by atoms with Crippen molar-refractivity contribution >= 4 is 34.1 Å². The molecule has 3 aromatic heterocycles. The van der Waals surface area contributed by atoms with Crippen molar-refractivity contribution < 1.29 is 14.6 Å². The van der Waals surface area contributed by atoms with Crippen LogP contribution < -0.4 is 15.4 Å². The van der Waals surface area contributed by atoms with Crippen LogP contribution in [0.5, 0.6) is 5.75 Å². The summed E-state index contributed by atoms with van der Waals surface area (Å²) < 4.78 is 14.5. The topological polar surface area (TPSA) is 132 Å². The molecule has 1 aromatic carbocycles. The summed E-state index contributed by atoms with van der Waals surface area (Å²) in [4.78, 5) is 14.0. The predicted octanol–water partition coefficient (Wildman–Crippen LogP) is 1.01. The van der Waals surface area contributed by atoms with Crippen LogP contribution in [0.1, 0.15) is 12.2 Å². The van der Waals surface area contributed by atoms with Crippen LogP contribution in [-0.2, 0) is 11.3 Å². The summed E-state index contributed by atoms with van der Waals surface area (Å²) in [5.41, 5.74) is 8.74. The Hall–Kier alpha value is -3.90. The maximum absolute atomic E-state index is 8.89. The van der Waals surface area contributed by atoms with Gasteiger partial charge in [0.1, 0.15) is 12.4 Å². The van der Waals surface area contributed by atoms with Crippen LogP contribution in [-0.4, -0.2) is 91.9 Å². The van der Waals surface area contributed by atoms with E-state index in [-0.39, 0.29) is 12.6 Å². The molecule has 0 radical (unpaired) electrons. The predicted molar refractivity (Wildman–Crippen MR) is 135 cm³/mol. The highest BCUT2D eigenvalue weighted by atomic mass is 16.5. The molecule has 5 heterocycles. The summed E-state index contributed by atoms with van der Waals surface area (Å²) in [5.74, 6) is 2.25. The van der Waals surface area contributed by atoms with Gasteiger partial charge in [0.25, 0.3) is 0 Å². The van der Waals surface area contributed by atoms with Gasteiger partial charge < -0.3 is 25.2 Å². The van der Waals surface area contributed by atoms with E-state index in [9.17, 15) is 0 Å². The maximum atomic E-state index is 8.89. The molecule has 0 atom stereocenters. The molecule has 0 aliphatic carbocycles. The zero-order chi connectivity index (χ0) is 24.5. The number of aliphatic hydroxyl groups excluding tert-OH is 1. The fraction of sp³-hybridized carbons (Fsp3) is 0.417. The molecule has 0 bridgehead atoms. The lowest BCUT2D eigenvalue weighted by molar-refractivity contribution is 0.201. The van der Waals surface area contributed by atoms with E-state index in [2.05, 4.69) is 42.1 Å². The van der Waals surface area contributed by atoms with Crippen molar-refractivity contribution in [1.82, 2.24) is 34.3 Å². The van der Waals surface area contributed by atoms with Crippen molar-refractivity contribution in [1.29, 1.82) is 0 Å². The number of hydrogen-bond donors (Lipinski definition) is 2. The van der Waals surface area contributed by atoms with Gasteiger partial charge in [-0.25, -0.2) is 9.67 Å². The highest BCUT2D eigenvalue weighted by Crippen LogP contribution is 2.24. The fourth-order valence-electron chi connectivity index (χ4n) is 4.68. The first-order chi connectivity index (χ1) is 17.7. The summed E-state index contributed by atoms with van der Waals surface area (Å²) in [6.45, 7) is 6.36. The van der Waals surface area contributed by atoms with E-state index < -0.39 is 0 Å². The molecule has 3 N–H and O–H groups in total. The summed E-state index contributed by atoms with van der Waals surface area (Å²) in [7, 11) is 0. The Labute approximate surface area is 207 Å². The van der Waals surface area contributed by atoms with Crippen LogP contribution in [0.25, 0.3) is 22.4 Å². The second-order valence-electron chi connectivity index (χ2n) is 8.85. The first-order valence-corrected chi connectivity index (χ1v) is 12.2. The molecule has 12 nitrogen and oxygen atoms in total. The molecule has 0 spiro atoms. The van der Waals surface area contributed by atoms with Gasteiger partial charge in [-0.2, -0.15) is 14.6 Å². The van der Waals surface area contributed by atoms with Crippen LogP contribution in [0.3, 0.4) is 0 Å². The lowest BCUT2D eigenvalue weighted by Crippen LogP contribution is -2.47. The number of benzene rings is 1. The molecular weight excluding hydrogens is 462 g/mol. The molecule has 1 saturated heterocycles. The van der Waals surface area contributed by atoms with Gasteiger partial charge in [0.05, 0.1) is 31.3 Å². The van der Waals surface area contributed by atoms with Crippen molar-refractivity contribution in [2.24, 2.45) is 0 Å². The molecule has 4 aromatic rings. The van der Waals surface area contributed by atoms with E-state index in [1.54, 1.807) is 10.7 Å². The van der Waals surface area contributed by atoms with Crippen LogP contribution in [0.4, 0.5) is 11.6 Å². The Morgan fingerprint density at radius 2 is 1.86 bits per heavy atom. The number of nitrogens with zero attached hydrogens (tertiary/aromatic N) is 8. The molecule has 6 rings (SSSR count). The van der Waals surface area contributed by atoms with E-state index in [1.165, 1.54) is 5.69 Å². The summed E-state index contributed by atoms with van der Waals surface area (Å²) >= 11 is 0. The van der Waals surface area contributed by atoms with Gasteiger partial charge >= 0.3 is 0 Å². The quantitative estimate of drug-likeness (QED) is 0.368. The molecule has 2 aliphatic rings. The average Bonchev–Trinajstić information content (AvgIpc) is 3.67. The molecule has 1 fully saturated rings. The first kappa shape index (κ1) is 22.6. The number of nitrogens with two attached hydrogens (primary N) is 1. The van der Waals surface area contributed by atoms with E-state index in [1.807, 2.05) is 22.9 Å². The van der Waals surface area contributed by atoms with Crippen molar-refractivity contribution in [2.45, 2.75) is 13.0 Å². The van der Waals surface area contributed by atoms with Gasteiger partial charge in [0.2, 0.25) is 11.8 Å². The van der Waals surface area contributed by atoms with Gasteiger partial charge in [-0.1, -0.05) is 0 Å². The summed E-state index contributed by atoms with van der Waals surface area (Å²) in [5, 5.41) is 18.8. The number of ether oxygens (including phenoxy) is 2. The van der Waals surface area contributed by atoms with Gasteiger partial charge in [-0.3, -0.25) is 4.90 Å². The number of hydrogen-bond acceptors (Lipinski definition) is 10. The number of aromatic nitrogens is 6. The summed E-state index contributed by atoms with van der Waals surface area (Å²) in [6.07, 6.45) is 4.62. The van der Waals surface area contributed by atoms with Crippen molar-refractivity contribution in [3.05, 3.63) is 42.4 Å². The monoisotopic (exact) mass is 491 g/mol. The molecule has 0 amide bonds. The minimum Gasteiger partial charge on any atom is -0.491 e. The Kier molecular flexibility index (Phi) is 6.03. The second kappa shape index (κ2) is 9.63. The zero-order valence-corrected chi connectivity index (χ0v) is 20.0. The van der Waals surface area contributed by atoms with E-state index >= 15 is 0 Å². The third-order valence-electron chi connectivity index (χ3n) is 6.58. The standard InChI is InChI=1S/C24H29N9O3/c25-24-28-22-19(23-27-21(29-33(23)24)20-2-1-14-36-20)16-26-32(22)12-9-30-7-10-31(11-8-30)17-3-5-18(6-4-17)35-15-13-34/h2-6,16,34H,1,7-15H2,(H2,25,28). The Morgan fingerprint density at radius 3 is 2.61 bits per heavy atom. The van der Waals surface area contributed by atoms with Crippen molar-refractivity contribution in [3.8, 4) is 5.75 Å². The van der Waals surface area contributed by atoms with E-state index in [0.29, 0.717) is 42.6 Å². The number of fused-ring (bicyclic) bond motifs is 3. The third kappa shape index (κ3) is 4.29. The molecule has 36 heavy (non-hydrogen) atoms. The third-order valence-corrected chi connectivity index (χ3v) is 6.58. The highest BCUT2D eigenvalue weighted by Gasteiger charge is 2.21. The minimum atomic E-state index is 0.0151. The van der Waals surface area contributed by atoms with Crippen LogP contribution in [0, 0.1) is 0 Å². The number of rotatable bonds is 8. The van der Waals surface area contributed by atoms with Crippen LogP contribution in [0.2, 0.25) is 0 Å². The van der Waals surface area contributed by atoms with Crippen molar-refractivity contribution in [2.75, 3.05) is 63.2 Å². The minimum absolute atomic E-state index is 0.0151. The first-order valence-electron chi connectivity index (χ1n) is 12.2. The highest BCUT2D eigenvalue weighted by molar-refractivity contribution is 5.90. The largest absolute Gasteiger partial charge is 0.491 e. The number of piperazine rings is 1. The van der Waals surface area contributed by atoms with E-state index in [0.717, 1.165) is 50.3 Å². The molecule has 188 valence electrons. The van der Waals surface area contributed by atoms with Gasteiger partial charge in [0, 0.05) is 44.8 Å². The summed E-state index contributed by atoms with van der Waals surface area (Å²) in [6, 6.07) is 8.04. The number of aliphatic hydroxyl groups is 1. The smallest absolute Gasteiger partial charge is 0.225 e. The molecule has 0 saturated carbocycles. The lowest BCUT2D eigenvalue weighted by Gasteiger charge is -2.36. The van der Waals surface area contributed by atoms with Crippen LogP contribution in [0.15, 0.2) is 36.5 Å². The fourth-order valence-corrected chi connectivity index (χ4v) is 4.68. The molecular formula is C24H29N9O3. The maximum Gasteiger partial charge on any atom is 0.225 e. The SMILES string of the molecule is Nc1nc2c(cnn2CCN2CCN(c3ccc(OCCO)cc3)CC2)c2nc(C3=CCCO3)nn12. The molecule has 2 aliphatic heterocycles. The molecule has 0 unspecified atom stereocenters. The number of anilines is 2. The Morgan fingerprint density at radius 1 is 1.03 bits per heavy atom. The normalized spacial score (nSPS) is 16.6. The van der Waals surface area contributed by atoms with Crippen molar-refractivity contribution in [3.63, 3.8) is 0 Å². The average molecular weight is 492 g/mol. The van der Waals surface area contributed by atoms with Gasteiger partial charge in [0.15, 0.2) is 17.1 Å². The lowest BCUT2D eigenvalue weighted by atomic mass is 10.2. The van der Waals surface area contributed by atoms with Gasteiger partial charge in [-0.15, -0.1) is 5.10 Å². The Balaban J connectivity index is 1.10. The van der Waals surface area contributed by atoms with Gasteiger partial charge in [-0.05, 0) is 30.3 Å². The van der Waals surface area contributed by atoms with Crippen LogP contribution >= 0.6 is 0 Å². The number of nitrogen functional groups attached to an aromatic ring is 1. The zero-order valence-electron chi connectivity index (χ0n) is 20.0. The van der Waals surface area contributed by atoms with E-state index in [4.69, 9.17) is 20.3 Å². The second-order valence-corrected chi connectivity index (χ2v) is 8.85. The molecule has 12 heteroatoms.